The van der Waals surface area contributed by atoms with Crippen molar-refractivity contribution in [2.45, 2.75) is 33.4 Å². The van der Waals surface area contributed by atoms with E-state index in [0.717, 1.165) is 21.4 Å². The maximum Gasteiger partial charge on any atom is 0.0744 e. The van der Waals surface area contributed by atoms with Gasteiger partial charge >= 0.3 is 0 Å². The van der Waals surface area contributed by atoms with Gasteiger partial charge in [-0.15, -0.1) is 0 Å². The molecule has 1 unspecified atom stereocenters. The maximum atomic E-state index is 5.30. The summed E-state index contributed by atoms with van der Waals surface area (Å²) in [5.41, 5.74) is 5.72. The molecule has 1 atom stereocenters. The summed E-state index contributed by atoms with van der Waals surface area (Å²) in [6, 6.07) is 6.33. The van der Waals surface area contributed by atoms with Crippen LogP contribution in [0.25, 0.3) is 0 Å². The number of nitrogens with zero attached hydrogens (tertiary/aromatic N) is 2. The second kappa shape index (κ2) is 6.62. The Balaban J connectivity index is 2.31. The average molecular weight is 352 g/mol. The molecule has 1 N–H and O–H groups in total. The van der Waals surface area contributed by atoms with Gasteiger partial charge in [0, 0.05) is 41.1 Å². The standard InChI is InChI=1S/C16H22BrN3O/c1-10(16-11(2)19-20(4)12(16)3)18-15-8-6-7-14(17)13(15)9-21-5/h6-8,10,18H,9H2,1-5H3. The molecule has 2 rings (SSSR count). The topological polar surface area (TPSA) is 39.1 Å². The van der Waals surface area contributed by atoms with E-state index in [1.165, 1.54) is 11.3 Å². The fourth-order valence-corrected chi connectivity index (χ4v) is 3.19. The Morgan fingerprint density at radius 2 is 2.10 bits per heavy atom. The van der Waals surface area contributed by atoms with Crippen LogP contribution >= 0.6 is 15.9 Å². The molecular weight excluding hydrogens is 330 g/mol. The molecule has 0 saturated heterocycles. The summed E-state index contributed by atoms with van der Waals surface area (Å²) >= 11 is 3.59. The second-order valence-corrected chi connectivity index (χ2v) is 6.13. The highest BCUT2D eigenvalue weighted by Crippen LogP contribution is 2.30. The third-order valence-electron chi connectivity index (χ3n) is 3.78. The van der Waals surface area contributed by atoms with Gasteiger partial charge in [0.25, 0.3) is 0 Å². The number of aryl methyl sites for hydroxylation is 2. The van der Waals surface area contributed by atoms with E-state index in [-0.39, 0.29) is 6.04 Å². The number of aromatic nitrogens is 2. The molecule has 0 amide bonds. The molecule has 0 aliphatic heterocycles. The lowest BCUT2D eigenvalue weighted by atomic mass is 10.1. The minimum absolute atomic E-state index is 0.184. The smallest absolute Gasteiger partial charge is 0.0744 e. The Labute approximate surface area is 134 Å². The van der Waals surface area contributed by atoms with Crippen LogP contribution in [0, 0.1) is 13.8 Å². The van der Waals surface area contributed by atoms with E-state index in [2.05, 4.69) is 53.2 Å². The summed E-state index contributed by atoms with van der Waals surface area (Å²) in [6.07, 6.45) is 0. The minimum Gasteiger partial charge on any atom is -0.380 e. The lowest BCUT2D eigenvalue weighted by Gasteiger charge is -2.19. The lowest BCUT2D eigenvalue weighted by Crippen LogP contribution is -2.11. The molecular formula is C16H22BrN3O. The fraction of sp³-hybridized carbons (Fsp3) is 0.438. The number of hydrogen-bond acceptors (Lipinski definition) is 3. The van der Waals surface area contributed by atoms with Crippen molar-refractivity contribution in [3.63, 3.8) is 0 Å². The molecule has 1 aromatic carbocycles. The van der Waals surface area contributed by atoms with Crippen molar-refractivity contribution >= 4 is 21.6 Å². The van der Waals surface area contributed by atoms with Crippen molar-refractivity contribution < 1.29 is 4.74 Å². The van der Waals surface area contributed by atoms with Crippen molar-refractivity contribution in [1.29, 1.82) is 0 Å². The first kappa shape index (κ1) is 16.0. The van der Waals surface area contributed by atoms with E-state index in [1.54, 1.807) is 7.11 Å². The van der Waals surface area contributed by atoms with E-state index in [0.29, 0.717) is 6.61 Å². The monoisotopic (exact) mass is 351 g/mol. The predicted octanol–water partition coefficient (Wildman–Crippen LogP) is 4.12. The van der Waals surface area contributed by atoms with Crippen LogP contribution in [0.1, 0.15) is 35.5 Å². The zero-order valence-corrected chi connectivity index (χ0v) is 14.8. The summed E-state index contributed by atoms with van der Waals surface area (Å²) < 4.78 is 8.29. The van der Waals surface area contributed by atoms with Crippen LogP contribution < -0.4 is 5.32 Å². The highest BCUT2D eigenvalue weighted by atomic mass is 79.9. The number of ether oxygens (including phenoxy) is 1. The van der Waals surface area contributed by atoms with Crippen molar-refractivity contribution in [2.75, 3.05) is 12.4 Å². The van der Waals surface area contributed by atoms with Crippen LogP contribution in [-0.2, 0) is 18.4 Å². The molecule has 0 spiro atoms. The van der Waals surface area contributed by atoms with E-state index >= 15 is 0 Å². The average Bonchev–Trinajstić information content (AvgIpc) is 2.67. The van der Waals surface area contributed by atoms with Gasteiger partial charge in [-0.25, -0.2) is 0 Å². The second-order valence-electron chi connectivity index (χ2n) is 5.27. The number of nitrogens with one attached hydrogen (secondary N) is 1. The van der Waals surface area contributed by atoms with Gasteiger partial charge in [-0.3, -0.25) is 4.68 Å². The SMILES string of the molecule is COCc1c(Br)cccc1NC(C)c1c(C)nn(C)c1C. The van der Waals surface area contributed by atoms with Gasteiger partial charge < -0.3 is 10.1 Å². The van der Waals surface area contributed by atoms with Gasteiger partial charge in [-0.2, -0.15) is 5.10 Å². The summed E-state index contributed by atoms with van der Waals surface area (Å²) in [5.74, 6) is 0. The molecule has 0 aliphatic carbocycles. The van der Waals surface area contributed by atoms with E-state index < -0.39 is 0 Å². The van der Waals surface area contributed by atoms with Gasteiger partial charge in [0.15, 0.2) is 0 Å². The highest BCUT2D eigenvalue weighted by Gasteiger charge is 2.17. The third-order valence-corrected chi connectivity index (χ3v) is 4.52. The minimum atomic E-state index is 0.184. The van der Waals surface area contributed by atoms with Crippen LogP contribution in [0.4, 0.5) is 5.69 Å². The van der Waals surface area contributed by atoms with E-state index in [9.17, 15) is 0 Å². The Bertz CT molecular complexity index is 637. The molecule has 0 fully saturated rings. The normalized spacial score (nSPS) is 12.5. The van der Waals surface area contributed by atoms with Gasteiger partial charge in [0.2, 0.25) is 0 Å². The number of anilines is 1. The number of hydrogen-bond donors (Lipinski definition) is 1. The molecule has 4 nitrogen and oxygen atoms in total. The van der Waals surface area contributed by atoms with Crippen LogP contribution in [0.2, 0.25) is 0 Å². The zero-order chi connectivity index (χ0) is 15.6. The van der Waals surface area contributed by atoms with Crippen molar-refractivity contribution in [1.82, 2.24) is 9.78 Å². The van der Waals surface area contributed by atoms with Gasteiger partial charge in [0.05, 0.1) is 18.3 Å². The van der Waals surface area contributed by atoms with Crippen LogP contribution in [0.15, 0.2) is 22.7 Å². The Morgan fingerprint density at radius 3 is 2.67 bits per heavy atom. The summed E-state index contributed by atoms with van der Waals surface area (Å²) in [5, 5.41) is 8.08. The molecule has 114 valence electrons. The third kappa shape index (κ3) is 3.30. The first-order chi connectivity index (χ1) is 9.95. The number of rotatable bonds is 5. The number of benzene rings is 1. The molecule has 0 radical (unpaired) electrons. The number of halogens is 1. The largest absolute Gasteiger partial charge is 0.380 e. The van der Waals surface area contributed by atoms with Gasteiger partial charge in [-0.1, -0.05) is 22.0 Å². The fourth-order valence-electron chi connectivity index (χ4n) is 2.71. The first-order valence-electron chi connectivity index (χ1n) is 6.98. The van der Waals surface area contributed by atoms with Crippen LogP contribution in [-0.4, -0.2) is 16.9 Å². The molecule has 2 aromatic rings. The van der Waals surface area contributed by atoms with Crippen molar-refractivity contribution in [3.8, 4) is 0 Å². The maximum absolute atomic E-state index is 5.30. The quantitative estimate of drug-likeness (QED) is 0.880. The van der Waals surface area contributed by atoms with Crippen LogP contribution in [0.5, 0.6) is 0 Å². The Kier molecular flexibility index (Phi) is 5.06. The predicted molar refractivity (Wildman–Crippen MR) is 89.6 cm³/mol. The summed E-state index contributed by atoms with van der Waals surface area (Å²) in [7, 11) is 3.69. The van der Waals surface area contributed by atoms with E-state index in [4.69, 9.17) is 4.74 Å². The summed E-state index contributed by atoms with van der Waals surface area (Å²) in [6.45, 7) is 6.89. The Morgan fingerprint density at radius 1 is 1.38 bits per heavy atom. The molecule has 1 aromatic heterocycles. The zero-order valence-electron chi connectivity index (χ0n) is 13.2. The molecule has 0 aliphatic rings. The molecule has 0 bridgehead atoms. The number of methoxy groups -OCH3 is 1. The van der Waals surface area contributed by atoms with Gasteiger partial charge in [0.1, 0.15) is 0 Å². The first-order valence-corrected chi connectivity index (χ1v) is 7.78. The molecule has 5 heteroatoms. The van der Waals surface area contributed by atoms with E-state index in [1.807, 2.05) is 23.9 Å². The summed E-state index contributed by atoms with van der Waals surface area (Å²) in [4.78, 5) is 0. The lowest BCUT2D eigenvalue weighted by molar-refractivity contribution is 0.185. The molecule has 1 heterocycles. The van der Waals surface area contributed by atoms with Crippen molar-refractivity contribution in [2.24, 2.45) is 7.05 Å². The molecule has 0 saturated carbocycles. The Hall–Kier alpha value is -1.33. The van der Waals surface area contributed by atoms with Crippen LogP contribution in [0.3, 0.4) is 0 Å². The molecule has 21 heavy (non-hydrogen) atoms. The highest BCUT2D eigenvalue weighted by molar-refractivity contribution is 9.10. The van der Waals surface area contributed by atoms with Crippen molar-refractivity contribution in [3.05, 3.63) is 45.2 Å². The van der Waals surface area contributed by atoms with Gasteiger partial charge in [-0.05, 0) is 32.9 Å².